The zero-order valence-electron chi connectivity index (χ0n) is 16.7. The molecule has 6 nitrogen and oxygen atoms in total. The Morgan fingerprint density at radius 2 is 1.96 bits per heavy atom. The van der Waals surface area contributed by atoms with Crippen molar-refractivity contribution >= 4 is 18.0 Å². The van der Waals surface area contributed by atoms with Crippen LogP contribution >= 0.6 is 0 Å². The van der Waals surface area contributed by atoms with E-state index in [0.717, 1.165) is 37.2 Å². The predicted molar refractivity (Wildman–Crippen MR) is 95.8 cm³/mol. The van der Waals surface area contributed by atoms with Crippen molar-refractivity contribution in [2.75, 3.05) is 13.7 Å². The van der Waals surface area contributed by atoms with Gasteiger partial charge < -0.3 is 21.3 Å². The zero-order chi connectivity index (χ0) is 18.2. The summed E-state index contributed by atoms with van der Waals surface area (Å²) in [6, 6.07) is 5.33. The molecule has 1 aliphatic carbocycles. The Morgan fingerprint density at radius 3 is 2.58 bits per heavy atom. The van der Waals surface area contributed by atoms with Crippen LogP contribution in [0.4, 0.5) is 0 Å². The molecule has 1 aromatic rings. The number of benzene rings is 1. The molecule has 26 heavy (non-hydrogen) atoms. The zero-order valence-corrected chi connectivity index (χ0v) is 17.7. The summed E-state index contributed by atoms with van der Waals surface area (Å²) in [6.45, 7) is 1.81. The predicted octanol–water partition coefficient (Wildman–Crippen LogP) is -0.0168. The summed E-state index contributed by atoms with van der Waals surface area (Å²) >= 11 is 0. The van der Waals surface area contributed by atoms with Crippen molar-refractivity contribution in [3.63, 3.8) is 0 Å². The van der Waals surface area contributed by atoms with E-state index in [2.05, 4.69) is 12.2 Å². The Hall–Kier alpha value is -1.50. The van der Waals surface area contributed by atoms with Crippen LogP contribution in [0.3, 0.4) is 0 Å². The number of hydrogen-bond acceptors (Lipinski definition) is 4. The molecule has 0 saturated heterocycles. The van der Waals surface area contributed by atoms with E-state index in [4.69, 9.17) is 14.6 Å². The third kappa shape index (κ3) is 7.40. The number of carbonyl (C=O) groups excluding carboxylic acids is 1. The van der Waals surface area contributed by atoms with Gasteiger partial charge in [-0.05, 0) is 55.4 Å². The van der Waals surface area contributed by atoms with Crippen LogP contribution in [0, 0.1) is 5.92 Å². The van der Waals surface area contributed by atoms with Crippen LogP contribution in [0.1, 0.15) is 39.6 Å². The Kier molecular flexibility index (Phi) is 9.76. The largest absolute Gasteiger partial charge is 1.00 e. The molecule has 0 bridgehead atoms. The van der Waals surface area contributed by atoms with Crippen molar-refractivity contribution in [2.24, 2.45) is 5.92 Å². The summed E-state index contributed by atoms with van der Waals surface area (Å²) in [5.41, 5.74) is 0.770. The number of carbonyl (C=O) groups is 2. The molecule has 0 aromatic heterocycles. The molecule has 1 saturated carbocycles. The Bertz CT molecular complexity index is 645. The Morgan fingerprint density at radius 1 is 1.27 bits per heavy atom. The molecule has 0 atom stereocenters. The molecule has 7 heteroatoms. The average Bonchev–Trinajstić information content (AvgIpc) is 2.60. The monoisotopic (exact) mass is 371 g/mol. The summed E-state index contributed by atoms with van der Waals surface area (Å²) in [6.07, 6.45) is 7.58. The third-order valence-corrected chi connectivity index (χ3v) is 4.33. The smallest absolute Gasteiger partial charge is 1.00 e. The van der Waals surface area contributed by atoms with Gasteiger partial charge in [0.2, 0.25) is 5.91 Å². The van der Waals surface area contributed by atoms with Crippen LogP contribution in [-0.2, 0) is 9.59 Å². The summed E-state index contributed by atoms with van der Waals surface area (Å²) in [4.78, 5) is 22.6. The Balaban J connectivity index is 0.00000338. The first kappa shape index (κ1) is 22.5. The molecule has 1 aromatic carbocycles. The van der Waals surface area contributed by atoms with Crippen LogP contribution in [-0.4, -0.2) is 36.7 Å². The molecule has 1 aliphatic rings. The molecule has 0 spiro atoms. The molecule has 0 aliphatic heterocycles. The fourth-order valence-corrected chi connectivity index (χ4v) is 2.87. The molecule has 2 N–H and O–H groups in total. The van der Waals surface area contributed by atoms with Gasteiger partial charge in [-0.25, -0.2) is 4.79 Å². The first-order chi connectivity index (χ1) is 12.0. The normalized spacial score (nSPS) is 19.5. The molecule has 2 rings (SSSR count). The molecular weight excluding hydrogens is 345 g/mol. The van der Waals surface area contributed by atoms with Crippen molar-refractivity contribution in [1.82, 2.24) is 5.32 Å². The third-order valence-electron chi connectivity index (χ3n) is 4.33. The fourth-order valence-electron chi connectivity index (χ4n) is 2.87. The molecule has 0 radical (unpaired) electrons. The van der Waals surface area contributed by atoms with E-state index in [1.165, 1.54) is 13.2 Å². The summed E-state index contributed by atoms with van der Waals surface area (Å²) in [7, 11) is 1.48. The van der Waals surface area contributed by atoms with Gasteiger partial charge in [0.1, 0.15) is 0 Å². The number of aliphatic carboxylic acids is 1. The average molecular weight is 371 g/mol. The number of nitrogens with one attached hydrogen (secondary N) is 1. The van der Waals surface area contributed by atoms with Gasteiger partial charge in [-0.1, -0.05) is 13.0 Å². The van der Waals surface area contributed by atoms with Crippen LogP contribution in [0.15, 0.2) is 24.3 Å². The number of carboxylic acid groups (broad SMARTS) is 1. The van der Waals surface area contributed by atoms with Gasteiger partial charge in [0.25, 0.3) is 0 Å². The van der Waals surface area contributed by atoms with E-state index < -0.39 is 12.6 Å². The van der Waals surface area contributed by atoms with Crippen molar-refractivity contribution in [1.29, 1.82) is 0 Å². The molecule has 0 unspecified atom stereocenters. The van der Waals surface area contributed by atoms with Crippen molar-refractivity contribution < 1.29 is 55.2 Å². The van der Waals surface area contributed by atoms with E-state index in [0.29, 0.717) is 11.5 Å². The summed E-state index contributed by atoms with van der Waals surface area (Å²) in [5.74, 6) is 0.357. The molecule has 0 heterocycles. The van der Waals surface area contributed by atoms with Gasteiger partial charge in [0.05, 0.1) is 7.11 Å². The quantitative estimate of drug-likeness (QED) is 0.520. The maximum atomic E-state index is 12.0. The van der Waals surface area contributed by atoms with Gasteiger partial charge in [-0.2, -0.15) is 0 Å². The van der Waals surface area contributed by atoms with Crippen molar-refractivity contribution in [2.45, 2.75) is 38.6 Å². The topological polar surface area (TPSA) is 84.9 Å². The number of rotatable bonds is 7. The SMILES string of the molecule is COc1cc(C=CC(=O)NC2CCC(C)CC2)ccc1OCC(=O)O.[H-].[Na+]. The molecular formula is C19H26NNaO5. The second-order valence-corrected chi connectivity index (χ2v) is 6.39. The minimum Gasteiger partial charge on any atom is -1.00 e. The summed E-state index contributed by atoms with van der Waals surface area (Å²) in [5, 5.41) is 11.7. The minimum absolute atomic E-state index is 0. The number of methoxy groups -OCH3 is 1. The number of hydrogen-bond donors (Lipinski definition) is 2. The number of carboxylic acids is 1. The minimum atomic E-state index is -1.06. The van der Waals surface area contributed by atoms with Crippen LogP contribution < -0.4 is 44.3 Å². The second-order valence-electron chi connectivity index (χ2n) is 6.39. The van der Waals surface area contributed by atoms with Crippen molar-refractivity contribution in [3.05, 3.63) is 29.8 Å². The maximum absolute atomic E-state index is 12.0. The first-order valence-corrected chi connectivity index (χ1v) is 8.49. The van der Waals surface area contributed by atoms with Gasteiger partial charge >= 0.3 is 35.5 Å². The first-order valence-electron chi connectivity index (χ1n) is 8.49. The van der Waals surface area contributed by atoms with Crippen LogP contribution in [0.5, 0.6) is 11.5 Å². The van der Waals surface area contributed by atoms with Gasteiger partial charge in [0, 0.05) is 12.1 Å². The molecule has 138 valence electrons. The second kappa shape index (κ2) is 11.3. The van der Waals surface area contributed by atoms with Gasteiger partial charge in [0.15, 0.2) is 18.1 Å². The van der Waals surface area contributed by atoms with Gasteiger partial charge in [-0.3, -0.25) is 4.79 Å². The van der Waals surface area contributed by atoms with E-state index in [-0.39, 0.29) is 42.9 Å². The van der Waals surface area contributed by atoms with E-state index in [1.54, 1.807) is 24.3 Å². The fraction of sp³-hybridized carbons (Fsp3) is 0.474. The molecule has 1 fully saturated rings. The Labute approximate surface area is 177 Å². The van der Waals surface area contributed by atoms with Gasteiger partial charge in [-0.15, -0.1) is 0 Å². The standard InChI is InChI=1S/C19H25NO5.Na.H/c1-13-3-7-15(8-4-13)20-18(21)10-6-14-5-9-16(17(11-14)24-2)25-12-19(22)23;;/h5-6,9-11,13,15H,3-4,7-8,12H2,1-2H3,(H,20,21)(H,22,23);;/q;+1;-1. The van der Waals surface area contributed by atoms with Crippen LogP contribution in [0.25, 0.3) is 6.08 Å². The maximum Gasteiger partial charge on any atom is 1.00 e. The molecule has 1 amide bonds. The van der Waals surface area contributed by atoms with E-state index >= 15 is 0 Å². The summed E-state index contributed by atoms with van der Waals surface area (Å²) < 4.78 is 10.4. The van der Waals surface area contributed by atoms with Crippen LogP contribution in [0.2, 0.25) is 0 Å². The van der Waals surface area contributed by atoms with E-state index in [1.807, 2.05) is 0 Å². The number of ether oxygens (including phenoxy) is 2. The van der Waals surface area contributed by atoms with Crippen molar-refractivity contribution in [3.8, 4) is 11.5 Å². The number of amides is 1. The van der Waals surface area contributed by atoms with E-state index in [9.17, 15) is 9.59 Å².